The zero-order valence-corrected chi connectivity index (χ0v) is 16.3. The molecule has 1 aromatic carbocycles. The van der Waals surface area contributed by atoms with Gasteiger partial charge in [0, 0.05) is 25.7 Å². The van der Waals surface area contributed by atoms with Crippen molar-refractivity contribution in [3.05, 3.63) is 52.4 Å². The lowest BCUT2D eigenvalue weighted by Crippen LogP contribution is -2.41. The highest BCUT2D eigenvalue weighted by Crippen LogP contribution is 2.27. The van der Waals surface area contributed by atoms with E-state index in [-0.39, 0.29) is 29.8 Å². The number of hydrogen-bond acceptors (Lipinski definition) is 5. The number of benzene rings is 1. The molecular weight excluding hydrogens is 398 g/mol. The molecule has 2 rings (SSSR count). The number of thiophene rings is 1. The van der Waals surface area contributed by atoms with Crippen LogP contribution in [0.15, 0.2) is 46.7 Å². The van der Waals surface area contributed by atoms with E-state index in [4.69, 9.17) is 11.6 Å². The van der Waals surface area contributed by atoms with Gasteiger partial charge in [-0.05, 0) is 24.3 Å². The molecule has 0 atom stereocenters. The second kappa shape index (κ2) is 9.13. The molecule has 1 heterocycles. The molecule has 10 heteroatoms. The summed E-state index contributed by atoms with van der Waals surface area (Å²) in [5.41, 5.74) is 0.527. The smallest absolute Gasteiger partial charge is 0.252 e. The van der Waals surface area contributed by atoms with E-state index in [0.29, 0.717) is 9.90 Å². The third-order valence-electron chi connectivity index (χ3n) is 3.35. The molecule has 140 valence electrons. The van der Waals surface area contributed by atoms with Crippen molar-refractivity contribution in [2.45, 2.75) is 4.21 Å². The van der Waals surface area contributed by atoms with E-state index in [1.54, 1.807) is 24.3 Å². The van der Waals surface area contributed by atoms with E-state index in [1.165, 1.54) is 19.2 Å². The van der Waals surface area contributed by atoms with Crippen LogP contribution >= 0.6 is 22.9 Å². The van der Waals surface area contributed by atoms with E-state index < -0.39 is 15.9 Å². The number of halogens is 1. The van der Waals surface area contributed by atoms with Crippen LogP contribution in [0.1, 0.15) is 10.4 Å². The van der Waals surface area contributed by atoms with E-state index >= 15 is 0 Å². The van der Waals surface area contributed by atoms with Gasteiger partial charge in [0.25, 0.3) is 15.9 Å². The Bertz CT molecular complexity index is 869. The molecule has 7 nitrogen and oxygen atoms in total. The van der Waals surface area contributed by atoms with Crippen molar-refractivity contribution in [3.8, 4) is 0 Å². The minimum Gasteiger partial charge on any atom is -0.353 e. The maximum Gasteiger partial charge on any atom is 0.252 e. The lowest BCUT2D eigenvalue weighted by atomic mass is 10.2. The van der Waals surface area contributed by atoms with Crippen LogP contribution in [0, 0.1) is 0 Å². The Kier molecular flexibility index (Phi) is 7.15. The standard InChI is InChI=1S/C16H18ClN3O4S2/c1-20(26(23,24)15-8-7-13(17)25-15)11-14(21)18-9-10-19-16(22)12-5-3-2-4-6-12/h2-8H,9-11H2,1H3,(H,18,21)(H,19,22). The quantitative estimate of drug-likeness (QED) is 0.639. The fourth-order valence-corrected chi connectivity index (χ4v) is 4.82. The first kappa shape index (κ1) is 20.4. The molecule has 0 aliphatic heterocycles. The molecule has 0 bridgehead atoms. The summed E-state index contributed by atoms with van der Waals surface area (Å²) in [6.45, 7) is 0.0943. The number of rotatable bonds is 8. The number of nitrogens with zero attached hydrogens (tertiary/aromatic N) is 1. The minimum atomic E-state index is -3.76. The summed E-state index contributed by atoms with van der Waals surface area (Å²) in [7, 11) is -2.44. The molecule has 0 saturated carbocycles. The zero-order valence-electron chi connectivity index (χ0n) is 13.9. The van der Waals surface area contributed by atoms with Gasteiger partial charge in [-0.25, -0.2) is 8.42 Å². The van der Waals surface area contributed by atoms with Crippen LogP contribution in [-0.4, -0.2) is 51.2 Å². The van der Waals surface area contributed by atoms with Gasteiger partial charge in [-0.3, -0.25) is 9.59 Å². The summed E-state index contributed by atoms with van der Waals surface area (Å²) in [5, 5.41) is 5.23. The largest absolute Gasteiger partial charge is 0.353 e. The number of carbonyl (C=O) groups is 2. The van der Waals surface area contributed by atoms with Gasteiger partial charge in [0.15, 0.2) is 0 Å². The van der Waals surface area contributed by atoms with Crippen molar-refractivity contribution < 1.29 is 18.0 Å². The third-order valence-corrected chi connectivity index (χ3v) is 6.85. The Morgan fingerprint density at radius 1 is 1.08 bits per heavy atom. The first-order valence-electron chi connectivity index (χ1n) is 7.62. The Labute approximate surface area is 161 Å². The Balaban J connectivity index is 1.75. The summed E-state index contributed by atoms with van der Waals surface area (Å²) in [5.74, 6) is -0.707. The topological polar surface area (TPSA) is 95.6 Å². The van der Waals surface area contributed by atoms with Gasteiger partial charge in [-0.2, -0.15) is 4.31 Å². The highest BCUT2D eigenvalue weighted by atomic mass is 35.5. The van der Waals surface area contributed by atoms with Crippen molar-refractivity contribution in [2.24, 2.45) is 0 Å². The van der Waals surface area contributed by atoms with Crippen molar-refractivity contribution >= 4 is 44.8 Å². The SMILES string of the molecule is CN(CC(=O)NCCNC(=O)c1ccccc1)S(=O)(=O)c1ccc(Cl)s1. The van der Waals surface area contributed by atoms with E-state index in [1.807, 2.05) is 6.07 Å². The van der Waals surface area contributed by atoms with Gasteiger partial charge >= 0.3 is 0 Å². The molecule has 0 aliphatic rings. The maximum absolute atomic E-state index is 12.3. The summed E-state index contributed by atoms with van der Waals surface area (Å²) in [4.78, 5) is 23.7. The molecule has 0 aliphatic carbocycles. The van der Waals surface area contributed by atoms with Crippen molar-refractivity contribution in [1.29, 1.82) is 0 Å². The molecule has 2 amide bonds. The maximum atomic E-state index is 12.3. The minimum absolute atomic E-state index is 0.0768. The molecule has 1 aromatic heterocycles. The van der Waals surface area contributed by atoms with Crippen LogP contribution in [0.25, 0.3) is 0 Å². The first-order valence-corrected chi connectivity index (χ1v) is 10.3. The average Bonchev–Trinajstić information content (AvgIpc) is 3.06. The molecule has 2 N–H and O–H groups in total. The predicted octanol–water partition coefficient (Wildman–Crippen LogP) is 1.57. The van der Waals surface area contributed by atoms with E-state index in [9.17, 15) is 18.0 Å². The number of amides is 2. The van der Waals surface area contributed by atoms with Gasteiger partial charge in [-0.1, -0.05) is 29.8 Å². The van der Waals surface area contributed by atoms with Crippen LogP contribution in [0.5, 0.6) is 0 Å². The summed E-state index contributed by atoms with van der Waals surface area (Å²) in [6, 6.07) is 11.6. The number of nitrogens with one attached hydrogen (secondary N) is 2. The summed E-state index contributed by atoms with van der Waals surface area (Å²) >= 11 is 6.68. The molecule has 2 aromatic rings. The number of carbonyl (C=O) groups excluding carboxylic acids is 2. The third kappa shape index (κ3) is 5.53. The van der Waals surface area contributed by atoms with Gasteiger partial charge in [-0.15, -0.1) is 11.3 Å². The number of likely N-dealkylation sites (N-methyl/N-ethyl adjacent to an activating group) is 1. The van der Waals surface area contributed by atoms with E-state index in [0.717, 1.165) is 15.6 Å². The number of hydrogen-bond donors (Lipinski definition) is 2. The molecule has 0 radical (unpaired) electrons. The van der Waals surface area contributed by atoms with Crippen LogP contribution in [-0.2, 0) is 14.8 Å². The molecule has 0 fully saturated rings. The van der Waals surface area contributed by atoms with Gasteiger partial charge < -0.3 is 10.6 Å². The zero-order chi connectivity index (χ0) is 19.2. The molecule has 0 unspecified atom stereocenters. The highest BCUT2D eigenvalue weighted by molar-refractivity contribution is 7.91. The average molecular weight is 416 g/mol. The van der Waals surface area contributed by atoms with E-state index in [2.05, 4.69) is 10.6 Å². The highest BCUT2D eigenvalue weighted by Gasteiger charge is 2.24. The lowest BCUT2D eigenvalue weighted by molar-refractivity contribution is -0.121. The van der Waals surface area contributed by atoms with Crippen LogP contribution in [0.2, 0.25) is 4.34 Å². The first-order chi connectivity index (χ1) is 12.3. The Hall–Kier alpha value is -1.94. The van der Waals surface area contributed by atoms with Gasteiger partial charge in [0.05, 0.1) is 10.9 Å². The van der Waals surface area contributed by atoms with Crippen molar-refractivity contribution in [2.75, 3.05) is 26.7 Å². The molecule has 26 heavy (non-hydrogen) atoms. The Morgan fingerprint density at radius 2 is 1.73 bits per heavy atom. The van der Waals surface area contributed by atoms with Crippen LogP contribution in [0.3, 0.4) is 0 Å². The summed E-state index contributed by atoms with van der Waals surface area (Å²) < 4.78 is 26.0. The molecular formula is C16H18ClN3O4S2. The fraction of sp³-hybridized carbons (Fsp3) is 0.250. The van der Waals surface area contributed by atoms with Crippen molar-refractivity contribution in [3.63, 3.8) is 0 Å². The monoisotopic (exact) mass is 415 g/mol. The number of sulfonamides is 1. The fourth-order valence-electron chi connectivity index (χ4n) is 2.00. The lowest BCUT2D eigenvalue weighted by Gasteiger charge is -2.15. The molecule has 0 saturated heterocycles. The summed E-state index contributed by atoms with van der Waals surface area (Å²) in [6.07, 6.45) is 0. The second-order valence-electron chi connectivity index (χ2n) is 5.29. The van der Waals surface area contributed by atoms with Crippen LogP contribution < -0.4 is 10.6 Å². The normalized spacial score (nSPS) is 11.3. The van der Waals surface area contributed by atoms with Gasteiger partial charge in [0.2, 0.25) is 5.91 Å². The molecule has 0 spiro atoms. The van der Waals surface area contributed by atoms with Crippen molar-refractivity contribution in [1.82, 2.24) is 14.9 Å². The van der Waals surface area contributed by atoms with Crippen LogP contribution in [0.4, 0.5) is 0 Å². The second-order valence-corrected chi connectivity index (χ2v) is 9.28. The Morgan fingerprint density at radius 3 is 2.35 bits per heavy atom. The predicted molar refractivity (Wildman–Crippen MR) is 101 cm³/mol. The van der Waals surface area contributed by atoms with Gasteiger partial charge in [0.1, 0.15) is 4.21 Å².